The average Bonchev–Trinajstić information content (AvgIpc) is 2.36. The van der Waals surface area contributed by atoms with Crippen molar-refractivity contribution < 1.29 is 0 Å². The lowest BCUT2D eigenvalue weighted by Gasteiger charge is -2.25. The van der Waals surface area contributed by atoms with E-state index in [1.54, 1.807) is 0 Å². The maximum absolute atomic E-state index is 6.02. The summed E-state index contributed by atoms with van der Waals surface area (Å²) in [6.07, 6.45) is 3.21. The Morgan fingerprint density at radius 1 is 1.22 bits per heavy atom. The molecule has 0 aliphatic carbocycles. The average molecular weight is 248 g/mol. The zero-order valence-electron chi connectivity index (χ0n) is 12.4. The molecule has 0 amide bonds. The van der Waals surface area contributed by atoms with Gasteiger partial charge in [-0.1, -0.05) is 26.0 Å². The lowest BCUT2D eigenvalue weighted by atomic mass is 10.0. The molecule has 1 aromatic rings. The summed E-state index contributed by atoms with van der Waals surface area (Å²) in [6.45, 7) is 11.0. The number of anilines is 1. The summed E-state index contributed by atoms with van der Waals surface area (Å²) in [5.74, 6) is 0. The topological polar surface area (TPSA) is 29.3 Å². The Balaban J connectivity index is 2.84. The first kappa shape index (κ1) is 15.0. The molecule has 0 bridgehead atoms. The van der Waals surface area contributed by atoms with E-state index in [-0.39, 0.29) is 6.04 Å². The Hall–Kier alpha value is -1.02. The molecule has 1 rings (SSSR count). The summed E-state index contributed by atoms with van der Waals surface area (Å²) in [7, 11) is 0. The van der Waals surface area contributed by atoms with Crippen LogP contribution in [0.25, 0.3) is 0 Å². The first-order valence-electron chi connectivity index (χ1n) is 7.22. The van der Waals surface area contributed by atoms with Crippen molar-refractivity contribution in [2.45, 2.75) is 53.0 Å². The normalized spacial score (nSPS) is 12.5. The zero-order valence-corrected chi connectivity index (χ0v) is 12.4. The molecule has 1 aromatic carbocycles. The molecule has 0 aromatic heterocycles. The SMILES string of the molecule is CCCN(CC)c1ccc(CC(N)CC)cc1C. The van der Waals surface area contributed by atoms with Crippen LogP contribution in [-0.4, -0.2) is 19.1 Å². The number of nitrogens with two attached hydrogens (primary N) is 1. The summed E-state index contributed by atoms with van der Waals surface area (Å²) in [5.41, 5.74) is 10.1. The van der Waals surface area contributed by atoms with Gasteiger partial charge in [0.25, 0.3) is 0 Å². The van der Waals surface area contributed by atoms with Crippen LogP contribution in [0.1, 0.15) is 44.7 Å². The van der Waals surface area contributed by atoms with Gasteiger partial charge in [0.1, 0.15) is 0 Å². The molecule has 0 aliphatic heterocycles. The predicted octanol–water partition coefficient (Wildman–Crippen LogP) is 3.51. The first-order chi connectivity index (χ1) is 8.62. The molecule has 1 unspecified atom stereocenters. The molecule has 0 saturated carbocycles. The van der Waals surface area contributed by atoms with E-state index in [0.29, 0.717) is 0 Å². The minimum Gasteiger partial charge on any atom is -0.372 e. The fraction of sp³-hybridized carbons (Fsp3) is 0.625. The quantitative estimate of drug-likeness (QED) is 0.800. The molecule has 0 aliphatic rings. The van der Waals surface area contributed by atoms with Crippen molar-refractivity contribution in [3.63, 3.8) is 0 Å². The molecular formula is C16H28N2. The van der Waals surface area contributed by atoms with Crippen LogP contribution in [-0.2, 0) is 6.42 Å². The molecule has 0 spiro atoms. The maximum Gasteiger partial charge on any atom is 0.0396 e. The van der Waals surface area contributed by atoms with Crippen molar-refractivity contribution in [3.8, 4) is 0 Å². The zero-order chi connectivity index (χ0) is 13.5. The van der Waals surface area contributed by atoms with Crippen molar-refractivity contribution in [1.29, 1.82) is 0 Å². The second-order valence-electron chi connectivity index (χ2n) is 5.07. The van der Waals surface area contributed by atoms with Crippen molar-refractivity contribution in [1.82, 2.24) is 0 Å². The van der Waals surface area contributed by atoms with Crippen LogP contribution in [0, 0.1) is 6.92 Å². The minimum atomic E-state index is 0.285. The Morgan fingerprint density at radius 2 is 1.94 bits per heavy atom. The fourth-order valence-electron chi connectivity index (χ4n) is 2.37. The standard InChI is InChI=1S/C16H28N2/c1-5-10-18(7-3)16-9-8-14(11-13(16)4)12-15(17)6-2/h8-9,11,15H,5-7,10,12,17H2,1-4H3. The van der Waals surface area contributed by atoms with Crippen LogP contribution in [0.3, 0.4) is 0 Å². The summed E-state index contributed by atoms with van der Waals surface area (Å²) in [5, 5.41) is 0. The van der Waals surface area contributed by atoms with E-state index >= 15 is 0 Å². The van der Waals surface area contributed by atoms with Gasteiger partial charge >= 0.3 is 0 Å². The Bertz CT molecular complexity index is 360. The van der Waals surface area contributed by atoms with E-state index < -0.39 is 0 Å². The van der Waals surface area contributed by atoms with Gasteiger partial charge in [0, 0.05) is 24.8 Å². The van der Waals surface area contributed by atoms with E-state index in [9.17, 15) is 0 Å². The van der Waals surface area contributed by atoms with Crippen LogP contribution in [0.5, 0.6) is 0 Å². The lowest BCUT2D eigenvalue weighted by molar-refractivity contribution is 0.646. The fourth-order valence-corrected chi connectivity index (χ4v) is 2.37. The molecule has 1 atom stereocenters. The highest BCUT2D eigenvalue weighted by molar-refractivity contribution is 5.54. The van der Waals surface area contributed by atoms with Gasteiger partial charge in [-0.2, -0.15) is 0 Å². The van der Waals surface area contributed by atoms with Crippen LogP contribution in [0.4, 0.5) is 5.69 Å². The third kappa shape index (κ3) is 4.02. The summed E-state index contributed by atoms with van der Waals surface area (Å²) >= 11 is 0. The second kappa shape index (κ2) is 7.42. The van der Waals surface area contributed by atoms with Gasteiger partial charge in [-0.3, -0.25) is 0 Å². The third-order valence-corrected chi connectivity index (χ3v) is 3.50. The highest BCUT2D eigenvalue weighted by atomic mass is 15.1. The highest BCUT2D eigenvalue weighted by Crippen LogP contribution is 2.22. The van der Waals surface area contributed by atoms with E-state index in [4.69, 9.17) is 5.73 Å². The highest BCUT2D eigenvalue weighted by Gasteiger charge is 2.08. The van der Waals surface area contributed by atoms with Gasteiger partial charge in [-0.05, 0) is 50.3 Å². The van der Waals surface area contributed by atoms with Gasteiger partial charge < -0.3 is 10.6 Å². The molecule has 0 heterocycles. The molecule has 0 saturated heterocycles. The Labute approximate surface area is 112 Å². The van der Waals surface area contributed by atoms with Gasteiger partial charge in [-0.25, -0.2) is 0 Å². The predicted molar refractivity (Wildman–Crippen MR) is 81.3 cm³/mol. The molecule has 2 nitrogen and oxygen atoms in total. The summed E-state index contributed by atoms with van der Waals surface area (Å²) < 4.78 is 0. The number of nitrogens with zero attached hydrogens (tertiary/aromatic N) is 1. The van der Waals surface area contributed by atoms with Crippen LogP contribution in [0.15, 0.2) is 18.2 Å². The van der Waals surface area contributed by atoms with Crippen molar-refractivity contribution in [3.05, 3.63) is 29.3 Å². The molecule has 0 fully saturated rings. The van der Waals surface area contributed by atoms with E-state index in [1.165, 1.54) is 23.2 Å². The Morgan fingerprint density at radius 3 is 2.44 bits per heavy atom. The monoisotopic (exact) mass is 248 g/mol. The van der Waals surface area contributed by atoms with Crippen molar-refractivity contribution in [2.24, 2.45) is 5.73 Å². The first-order valence-corrected chi connectivity index (χ1v) is 7.22. The molecule has 2 heteroatoms. The van der Waals surface area contributed by atoms with Crippen molar-refractivity contribution >= 4 is 5.69 Å². The van der Waals surface area contributed by atoms with Gasteiger partial charge in [0.15, 0.2) is 0 Å². The van der Waals surface area contributed by atoms with E-state index in [2.05, 4.69) is 50.8 Å². The van der Waals surface area contributed by atoms with Crippen LogP contribution < -0.4 is 10.6 Å². The maximum atomic E-state index is 6.02. The number of benzene rings is 1. The number of hydrogen-bond acceptors (Lipinski definition) is 2. The molecule has 0 radical (unpaired) electrons. The van der Waals surface area contributed by atoms with Gasteiger partial charge in [0.2, 0.25) is 0 Å². The smallest absolute Gasteiger partial charge is 0.0396 e. The van der Waals surface area contributed by atoms with E-state index in [0.717, 1.165) is 25.9 Å². The molecule has 102 valence electrons. The van der Waals surface area contributed by atoms with Crippen LogP contribution in [0.2, 0.25) is 0 Å². The third-order valence-electron chi connectivity index (χ3n) is 3.50. The number of aryl methyl sites for hydroxylation is 1. The molecule has 2 N–H and O–H groups in total. The number of rotatable bonds is 7. The molecule has 18 heavy (non-hydrogen) atoms. The van der Waals surface area contributed by atoms with Crippen molar-refractivity contribution in [2.75, 3.05) is 18.0 Å². The minimum absolute atomic E-state index is 0.285. The van der Waals surface area contributed by atoms with E-state index in [1.807, 2.05) is 0 Å². The van der Waals surface area contributed by atoms with Gasteiger partial charge in [0.05, 0.1) is 0 Å². The largest absolute Gasteiger partial charge is 0.372 e. The summed E-state index contributed by atoms with van der Waals surface area (Å²) in [4.78, 5) is 2.44. The Kier molecular flexibility index (Phi) is 6.20. The van der Waals surface area contributed by atoms with Crippen LogP contribution >= 0.6 is 0 Å². The summed E-state index contributed by atoms with van der Waals surface area (Å²) in [6, 6.07) is 7.07. The molecular weight excluding hydrogens is 220 g/mol. The lowest BCUT2D eigenvalue weighted by Crippen LogP contribution is -2.24. The number of hydrogen-bond donors (Lipinski definition) is 1. The second-order valence-corrected chi connectivity index (χ2v) is 5.07. The van der Waals surface area contributed by atoms with Gasteiger partial charge in [-0.15, -0.1) is 0 Å².